The van der Waals surface area contributed by atoms with Crippen LogP contribution in [0.1, 0.15) is 13.8 Å². The fourth-order valence-electron chi connectivity index (χ4n) is 0.364. The quantitative estimate of drug-likeness (QED) is 0.451. The van der Waals surface area contributed by atoms with Crippen molar-refractivity contribution in [3.05, 3.63) is 0 Å². The topological polar surface area (TPSA) is 61.7 Å². The van der Waals surface area contributed by atoms with Gasteiger partial charge in [0.25, 0.3) is 0 Å². The van der Waals surface area contributed by atoms with E-state index in [0.29, 0.717) is 0 Å². The van der Waals surface area contributed by atoms with E-state index in [2.05, 4.69) is 5.48 Å². The monoisotopic (exact) mass is 149 g/mol. The van der Waals surface area contributed by atoms with E-state index in [4.69, 9.17) is 15.1 Å². The Bertz CT molecular complexity index is 77.4. The average molecular weight is 149 g/mol. The molecule has 0 spiro atoms. The molecule has 1 unspecified atom stereocenters. The van der Waals surface area contributed by atoms with Crippen LogP contribution in [0.15, 0.2) is 0 Å². The van der Waals surface area contributed by atoms with Crippen LogP contribution in [0.25, 0.3) is 0 Å². The molecule has 0 aliphatic rings. The average Bonchev–Trinajstić information content (AvgIpc) is 1.87. The third kappa shape index (κ3) is 5.97. The van der Waals surface area contributed by atoms with E-state index in [-0.39, 0.29) is 19.3 Å². The molecule has 0 heterocycles. The SMILES string of the molecule is CC(C)NOCC(O)CO. The van der Waals surface area contributed by atoms with Crippen molar-refractivity contribution in [3.63, 3.8) is 0 Å². The van der Waals surface area contributed by atoms with Gasteiger partial charge in [-0.1, -0.05) is 0 Å². The predicted octanol–water partition coefficient (Wildman–Crippen LogP) is -0.731. The van der Waals surface area contributed by atoms with Crippen LogP contribution in [-0.2, 0) is 4.84 Å². The first-order chi connectivity index (χ1) is 4.66. The van der Waals surface area contributed by atoms with E-state index >= 15 is 0 Å². The smallest absolute Gasteiger partial charge is 0.102 e. The molecule has 62 valence electrons. The Morgan fingerprint density at radius 2 is 2.10 bits per heavy atom. The van der Waals surface area contributed by atoms with Crippen molar-refractivity contribution < 1.29 is 15.1 Å². The maximum atomic E-state index is 8.76. The molecule has 0 aromatic rings. The van der Waals surface area contributed by atoms with Gasteiger partial charge in [0, 0.05) is 6.04 Å². The number of nitrogens with one attached hydrogen (secondary N) is 1. The summed E-state index contributed by atoms with van der Waals surface area (Å²) in [5.41, 5.74) is 2.64. The van der Waals surface area contributed by atoms with Gasteiger partial charge >= 0.3 is 0 Å². The van der Waals surface area contributed by atoms with Crippen molar-refractivity contribution in [2.24, 2.45) is 0 Å². The molecule has 1 atom stereocenters. The molecule has 0 bridgehead atoms. The van der Waals surface area contributed by atoms with Crippen LogP contribution in [0, 0.1) is 0 Å². The number of aliphatic hydroxyl groups excluding tert-OH is 2. The number of hydrogen-bond acceptors (Lipinski definition) is 4. The van der Waals surface area contributed by atoms with Crippen LogP contribution in [-0.4, -0.2) is 35.6 Å². The van der Waals surface area contributed by atoms with Crippen molar-refractivity contribution in [2.75, 3.05) is 13.2 Å². The Kier molecular flexibility index (Phi) is 5.52. The number of aliphatic hydroxyl groups is 2. The molecule has 0 radical (unpaired) electrons. The van der Waals surface area contributed by atoms with Crippen molar-refractivity contribution >= 4 is 0 Å². The summed E-state index contributed by atoms with van der Waals surface area (Å²) in [7, 11) is 0. The second-order valence-electron chi connectivity index (χ2n) is 2.42. The van der Waals surface area contributed by atoms with Crippen molar-refractivity contribution in [3.8, 4) is 0 Å². The lowest BCUT2D eigenvalue weighted by molar-refractivity contribution is -0.0456. The largest absolute Gasteiger partial charge is 0.394 e. The van der Waals surface area contributed by atoms with Gasteiger partial charge in [0.15, 0.2) is 0 Å². The van der Waals surface area contributed by atoms with Gasteiger partial charge in [-0.15, -0.1) is 0 Å². The molecule has 0 rings (SSSR count). The highest BCUT2D eigenvalue weighted by atomic mass is 16.7. The zero-order valence-corrected chi connectivity index (χ0v) is 6.37. The zero-order chi connectivity index (χ0) is 7.98. The summed E-state index contributed by atoms with van der Waals surface area (Å²) >= 11 is 0. The van der Waals surface area contributed by atoms with Gasteiger partial charge in [0.05, 0.1) is 13.2 Å². The van der Waals surface area contributed by atoms with Crippen LogP contribution >= 0.6 is 0 Å². The van der Waals surface area contributed by atoms with Crippen LogP contribution < -0.4 is 5.48 Å². The number of hydrogen-bond donors (Lipinski definition) is 3. The van der Waals surface area contributed by atoms with Crippen molar-refractivity contribution in [2.45, 2.75) is 26.0 Å². The van der Waals surface area contributed by atoms with Crippen LogP contribution in [0.3, 0.4) is 0 Å². The fourth-order valence-corrected chi connectivity index (χ4v) is 0.364. The molecule has 0 aromatic heterocycles. The first-order valence-electron chi connectivity index (χ1n) is 3.33. The fraction of sp³-hybridized carbons (Fsp3) is 1.00. The lowest BCUT2D eigenvalue weighted by atomic mass is 10.4. The molecule has 4 heteroatoms. The normalized spacial score (nSPS) is 14.1. The Balaban J connectivity index is 3.03. The summed E-state index contributed by atoms with van der Waals surface area (Å²) in [6, 6.07) is 0.228. The molecule has 0 saturated heterocycles. The van der Waals surface area contributed by atoms with Gasteiger partial charge in [-0.2, -0.15) is 5.48 Å². The van der Waals surface area contributed by atoms with Gasteiger partial charge < -0.3 is 10.2 Å². The Morgan fingerprint density at radius 3 is 2.50 bits per heavy atom. The minimum absolute atomic E-state index is 0.120. The van der Waals surface area contributed by atoms with Crippen LogP contribution in [0.4, 0.5) is 0 Å². The van der Waals surface area contributed by atoms with E-state index in [0.717, 1.165) is 0 Å². The van der Waals surface area contributed by atoms with Gasteiger partial charge in [-0.3, -0.25) is 4.84 Å². The standard InChI is InChI=1S/C6H15NO3/c1-5(2)7-10-4-6(9)3-8/h5-9H,3-4H2,1-2H3. The van der Waals surface area contributed by atoms with E-state index in [1.54, 1.807) is 0 Å². The lowest BCUT2D eigenvalue weighted by Crippen LogP contribution is -2.29. The minimum atomic E-state index is -0.786. The molecular weight excluding hydrogens is 134 g/mol. The molecule has 0 saturated carbocycles. The first kappa shape index (κ1) is 9.84. The molecule has 0 fully saturated rings. The highest BCUT2D eigenvalue weighted by Gasteiger charge is 2.01. The number of hydroxylamine groups is 1. The maximum absolute atomic E-state index is 8.76. The van der Waals surface area contributed by atoms with E-state index in [9.17, 15) is 0 Å². The first-order valence-corrected chi connectivity index (χ1v) is 3.33. The lowest BCUT2D eigenvalue weighted by Gasteiger charge is -2.10. The number of rotatable bonds is 5. The molecule has 4 nitrogen and oxygen atoms in total. The molecule has 3 N–H and O–H groups in total. The summed E-state index contributed by atoms with van der Waals surface area (Å²) in [4.78, 5) is 4.79. The molecule has 0 aromatic carbocycles. The van der Waals surface area contributed by atoms with Crippen molar-refractivity contribution in [1.82, 2.24) is 5.48 Å². The minimum Gasteiger partial charge on any atom is -0.394 e. The Hall–Kier alpha value is -0.160. The molecule has 0 aliphatic heterocycles. The zero-order valence-electron chi connectivity index (χ0n) is 6.37. The van der Waals surface area contributed by atoms with E-state index < -0.39 is 6.10 Å². The van der Waals surface area contributed by atoms with Gasteiger partial charge in [0.2, 0.25) is 0 Å². The molecule has 0 aliphatic carbocycles. The van der Waals surface area contributed by atoms with Gasteiger partial charge in [-0.25, -0.2) is 0 Å². The summed E-state index contributed by atoms with van der Waals surface area (Å²) in [5, 5.41) is 17.1. The van der Waals surface area contributed by atoms with Crippen LogP contribution in [0.2, 0.25) is 0 Å². The summed E-state index contributed by atoms with van der Waals surface area (Å²) in [6.07, 6.45) is -0.786. The summed E-state index contributed by atoms with van der Waals surface area (Å²) in [6.45, 7) is 3.70. The Morgan fingerprint density at radius 1 is 1.50 bits per heavy atom. The maximum Gasteiger partial charge on any atom is 0.102 e. The summed E-state index contributed by atoms with van der Waals surface area (Å²) in [5.74, 6) is 0. The van der Waals surface area contributed by atoms with Crippen LogP contribution in [0.5, 0.6) is 0 Å². The van der Waals surface area contributed by atoms with Gasteiger partial charge in [-0.05, 0) is 13.8 Å². The second-order valence-corrected chi connectivity index (χ2v) is 2.42. The molecule has 10 heavy (non-hydrogen) atoms. The van der Waals surface area contributed by atoms with Crippen molar-refractivity contribution in [1.29, 1.82) is 0 Å². The third-order valence-corrected chi connectivity index (χ3v) is 0.806. The van der Waals surface area contributed by atoms with Gasteiger partial charge in [0.1, 0.15) is 6.10 Å². The third-order valence-electron chi connectivity index (χ3n) is 0.806. The van der Waals surface area contributed by atoms with E-state index in [1.165, 1.54) is 0 Å². The second kappa shape index (κ2) is 5.61. The molecule has 0 amide bonds. The Labute approximate surface area is 60.8 Å². The highest BCUT2D eigenvalue weighted by Crippen LogP contribution is 1.82. The molecular formula is C6H15NO3. The predicted molar refractivity (Wildman–Crippen MR) is 37.3 cm³/mol. The summed E-state index contributed by atoms with van der Waals surface area (Å²) < 4.78 is 0. The van der Waals surface area contributed by atoms with E-state index in [1.807, 2.05) is 13.8 Å². The highest BCUT2D eigenvalue weighted by molar-refractivity contribution is 4.48.